The van der Waals surface area contributed by atoms with Crippen LogP contribution in [0.2, 0.25) is 0 Å². The molecule has 4 rings (SSSR count). The van der Waals surface area contributed by atoms with Crippen molar-refractivity contribution in [1.82, 2.24) is 4.90 Å². The molecule has 2 aromatic rings. The highest BCUT2D eigenvalue weighted by molar-refractivity contribution is 7.92. The van der Waals surface area contributed by atoms with Crippen LogP contribution in [0.1, 0.15) is 59.2 Å². The van der Waals surface area contributed by atoms with Gasteiger partial charge in [-0.3, -0.25) is 4.72 Å². The number of aromatic carboxylic acids is 1. The molecule has 41 heavy (non-hydrogen) atoms. The number of rotatable bonds is 6. The van der Waals surface area contributed by atoms with E-state index in [1.54, 1.807) is 25.1 Å². The molecule has 2 aliphatic rings. The van der Waals surface area contributed by atoms with Crippen molar-refractivity contribution < 1.29 is 41.4 Å². The van der Waals surface area contributed by atoms with Gasteiger partial charge in [0.25, 0.3) is 10.0 Å². The molecule has 9 nitrogen and oxygen atoms in total. The van der Waals surface area contributed by atoms with Gasteiger partial charge in [0, 0.05) is 19.1 Å². The number of halogens is 3. The Labute approximate surface area is 238 Å². The molecule has 0 radical (unpaired) electrons. The standard InChI is InChI=1S/C26H35N3O4S.C2HF3O2/c1-18-15-20(3)25(16-19(18)2)34(32,33)27-23-17-21(26(30)31)7-8-24(23)29-13-9-22(10-14-29)28-11-5-4-6-12-28;3-2(4,5)1(6)7/h7-8,15-17,22,27H,4-6,9-14H2,1-3H3,(H,30,31);(H,6,7). The molecule has 2 fully saturated rings. The first-order valence-electron chi connectivity index (χ1n) is 13.4. The first kappa shape index (κ1) is 32.2. The molecule has 0 aliphatic carbocycles. The Morgan fingerprint density at radius 1 is 0.878 bits per heavy atom. The second-order valence-corrected chi connectivity index (χ2v) is 12.1. The van der Waals surface area contributed by atoms with Crippen molar-refractivity contribution in [3.63, 3.8) is 0 Å². The molecule has 2 saturated heterocycles. The minimum Gasteiger partial charge on any atom is -0.478 e. The molecule has 0 aromatic heterocycles. The zero-order chi connectivity index (χ0) is 30.5. The monoisotopic (exact) mass is 599 g/mol. The molecule has 0 unspecified atom stereocenters. The summed E-state index contributed by atoms with van der Waals surface area (Å²) in [6.45, 7) is 9.57. The van der Waals surface area contributed by atoms with Gasteiger partial charge in [-0.25, -0.2) is 18.0 Å². The van der Waals surface area contributed by atoms with Crippen molar-refractivity contribution >= 4 is 33.3 Å². The quantitative estimate of drug-likeness (QED) is 0.414. The summed E-state index contributed by atoms with van der Waals surface area (Å²) in [6.07, 6.45) is 0.794. The Morgan fingerprint density at radius 3 is 1.98 bits per heavy atom. The van der Waals surface area contributed by atoms with Gasteiger partial charge in [-0.2, -0.15) is 13.2 Å². The number of hydrogen-bond donors (Lipinski definition) is 3. The first-order chi connectivity index (χ1) is 19.1. The fourth-order valence-electron chi connectivity index (χ4n) is 5.21. The van der Waals surface area contributed by atoms with E-state index in [2.05, 4.69) is 14.5 Å². The topological polar surface area (TPSA) is 127 Å². The Balaban J connectivity index is 0.000000587. The van der Waals surface area contributed by atoms with E-state index in [1.807, 2.05) is 19.9 Å². The summed E-state index contributed by atoms with van der Waals surface area (Å²) in [7, 11) is -3.89. The van der Waals surface area contributed by atoms with Crippen molar-refractivity contribution in [2.75, 3.05) is 35.8 Å². The molecule has 3 N–H and O–H groups in total. The lowest BCUT2D eigenvalue weighted by Crippen LogP contribution is -2.46. The van der Waals surface area contributed by atoms with E-state index in [0.717, 1.165) is 42.7 Å². The number of carbonyl (C=O) groups is 2. The molecular formula is C28H36F3N3O6S. The van der Waals surface area contributed by atoms with Crippen LogP contribution in [0.25, 0.3) is 0 Å². The smallest absolute Gasteiger partial charge is 0.478 e. The Morgan fingerprint density at radius 2 is 1.44 bits per heavy atom. The van der Waals surface area contributed by atoms with E-state index in [4.69, 9.17) is 9.90 Å². The minimum atomic E-state index is -5.08. The molecule has 2 aliphatic heterocycles. The maximum Gasteiger partial charge on any atom is 0.490 e. The van der Waals surface area contributed by atoms with Crippen LogP contribution in [0.4, 0.5) is 24.5 Å². The normalized spacial score (nSPS) is 17.0. The third-order valence-electron chi connectivity index (χ3n) is 7.52. The number of nitrogens with zero attached hydrogens (tertiary/aromatic N) is 2. The van der Waals surface area contributed by atoms with Gasteiger partial charge in [0.05, 0.1) is 21.8 Å². The minimum absolute atomic E-state index is 0.0569. The van der Waals surface area contributed by atoms with Crippen LogP contribution in [-0.4, -0.2) is 73.9 Å². The van der Waals surface area contributed by atoms with Crippen LogP contribution in [0.3, 0.4) is 0 Å². The molecule has 0 atom stereocenters. The van der Waals surface area contributed by atoms with E-state index in [1.165, 1.54) is 38.4 Å². The van der Waals surface area contributed by atoms with Crippen LogP contribution < -0.4 is 9.62 Å². The molecule has 0 spiro atoms. The van der Waals surface area contributed by atoms with Crippen molar-refractivity contribution in [1.29, 1.82) is 0 Å². The highest BCUT2D eigenvalue weighted by Crippen LogP contribution is 2.33. The van der Waals surface area contributed by atoms with Crippen molar-refractivity contribution in [3.8, 4) is 0 Å². The van der Waals surface area contributed by atoms with Gasteiger partial charge in [0.15, 0.2) is 0 Å². The lowest BCUT2D eigenvalue weighted by atomic mass is 9.99. The fraction of sp³-hybridized carbons (Fsp3) is 0.500. The molecule has 2 heterocycles. The molecule has 0 amide bonds. The second-order valence-electron chi connectivity index (χ2n) is 10.5. The third kappa shape index (κ3) is 8.35. The van der Waals surface area contributed by atoms with Gasteiger partial charge in [0.2, 0.25) is 0 Å². The number of benzene rings is 2. The van der Waals surface area contributed by atoms with Crippen LogP contribution >= 0.6 is 0 Å². The number of aryl methyl sites for hydroxylation is 3. The molecular weight excluding hydrogens is 563 g/mol. The number of alkyl halides is 3. The molecule has 0 bridgehead atoms. The summed E-state index contributed by atoms with van der Waals surface area (Å²) in [6, 6.07) is 8.82. The number of aliphatic carboxylic acids is 1. The van der Waals surface area contributed by atoms with E-state index in [0.29, 0.717) is 17.3 Å². The number of nitrogens with one attached hydrogen (secondary N) is 1. The zero-order valence-corrected chi connectivity index (χ0v) is 24.1. The SMILES string of the molecule is Cc1cc(C)c(S(=O)(=O)Nc2cc(C(=O)O)ccc2N2CCC(N3CCCCC3)CC2)cc1C.O=C(O)C(F)(F)F. The maximum atomic E-state index is 13.4. The van der Waals surface area contributed by atoms with Gasteiger partial charge in [0.1, 0.15) is 0 Å². The van der Waals surface area contributed by atoms with Crippen LogP contribution in [0, 0.1) is 20.8 Å². The number of likely N-dealkylation sites (tertiary alicyclic amines) is 1. The van der Waals surface area contributed by atoms with E-state index < -0.39 is 28.1 Å². The highest BCUT2D eigenvalue weighted by Gasteiger charge is 2.38. The number of piperidine rings is 2. The van der Waals surface area contributed by atoms with E-state index >= 15 is 0 Å². The lowest BCUT2D eigenvalue weighted by molar-refractivity contribution is -0.192. The largest absolute Gasteiger partial charge is 0.490 e. The highest BCUT2D eigenvalue weighted by atomic mass is 32.2. The predicted molar refractivity (Wildman–Crippen MR) is 149 cm³/mol. The molecule has 226 valence electrons. The molecule has 13 heteroatoms. The maximum absolute atomic E-state index is 13.4. The summed E-state index contributed by atoms with van der Waals surface area (Å²) >= 11 is 0. The van der Waals surface area contributed by atoms with Crippen molar-refractivity contribution in [3.05, 3.63) is 52.6 Å². The van der Waals surface area contributed by atoms with Gasteiger partial charge < -0.3 is 20.0 Å². The number of carboxylic acid groups (broad SMARTS) is 2. The summed E-state index contributed by atoms with van der Waals surface area (Å²) < 4.78 is 61.2. The number of anilines is 2. The van der Waals surface area contributed by atoms with E-state index in [-0.39, 0.29) is 10.5 Å². The zero-order valence-electron chi connectivity index (χ0n) is 23.3. The fourth-order valence-corrected chi connectivity index (χ4v) is 6.58. The predicted octanol–water partition coefficient (Wildman–Crippen LogP) is 5.20. The lowest BCUT2D eigenvalue weighted by Gasteiger charge is -2.41. The summed E-state index contributed by atoms with van der Waals surface area (Å²) in [5.41, 5.74) is 3.68. The Bertz CT molecular complexity index is 1370. The van der Waals surface area contributed by atoms with Crippen molar-refractivity contribution in [2.45, 2.75) is 70.0 Å². The van der Waals surface area contributed by atoms with Crippen molar-refractivity contribution in [2.24, 2.45) is 0 Å². The van der Waals surface area contributed by atoms with Gasteiger partial charge >= 0.3 is 18.1 Å². The van der Waals surface area contributed by atoms with Crippen LogP contribution in [-0.2, 0) is 14.8 Å². The van der Waals surface area contributed by atoms with Gasteiger partial charge in [-0.05, 0) is 100 Å². The van der Waals surface area contributed by atoms with E-state index in [9.17, 15) is 31.5 Å². The number of carboxylic acids is 2. The average molecular weight is 600 g/mol. The Hall–Kier alpha value is -3.32. The first-order valence-corrected chi connectivity index (χ1v) is 14.9. The summed E-state index contributed by atoms with van der Waals surface area (Å²) in [4.78, 5) is 25.5. The second kappa shape index (κ2) is 13.1. The van der Waals surface area contributed by atoms with Crippen LogP contribution in [0.15, 0.2) is 35.2 Å². The van der Waals surface area contributed by atoms with Crippen LogP contribution in [0.5, 0.6) is 0 Å². The summed E-state index contributed by atoms with van der Waals surface area (Å²) in [5, 5.41) is 16.6. The number of hydrogen-bond acceptors (Lipinski definition) is 6. The molecule has 0 saturated carbocycles. The third-order valence-corrected chi connectivity index (χ3v) is 9.03. The van der Waals surface area contributed by atoms with Gasteiger partial charge in [-0.15, -0.1) is 0 Å². The average Bonchev–Trinajstić information content (AvgIpc) is 2.91. The molecule has 2 aromatic carbocycles. The Kier molecular flexibility index (Phi) is 10.3. The summed E-state index contributed by atoms with van der Waals surface area (Å²) in [5.74, 6) is -3.84. The number of sulfonamides is 1. The van der Waals surface area contributed by atoms with Gasteiger partial charge in [-0.1, -0.05) is 12.5 Å².